The number of hydrogen-bond acceptors (Lipinski definition) is 3. The number of piperazine rings is 1. The van der Waals surface area contributed by atoms with Crippen LogP contribution in [-0.4, -0.2) is 47.2 Å². The van der Waals surface area contributed by atoms with Crippen LogP contribution < -0.4 is 4.90 Å². The Morgan fingerprint density at radius 3 is 2.46 bits per heavy atom. The van der Waals surface area contributed by atoms with Crippen LogP contribution in [0.4, 0.5) is 5.69 Å². The summed E-state index contributed by atoms with van der Waals surface area (Å²) in [6.45, 7) is 4.99. The lowest BCUT2D eigenvalue weighted by atomic mass is 10.1. The van der Waals surface area contributed by atoms with Crippen molar-refractivity contribution in [1.29, 1.82) is 0 Å². The summed E-state index contributed by atoms with van der Waals surface area (Å²) in [5, 5.41) is 8.55. The number of nitrogens with one attached hydrogen (secondary N) is 1. The van der Waals surface area contributed by atoms with Crippen molar-refractivity contribution in [3.63, 3.8) is 0 Å². The van der Waals surface area contributed by atoms with Crippen LogP contribution in [0.5, 0.6) is 0 Å². The molecule has 0 unspecified atom stereocenters. The van der Waals surface area contributed by atoms with Crippen molar-refractivity contribution in [2.24, 2.45) is 0 Å². The van der Waals surface area contributed by atoms with Crippen LogP contribution in [0.3, 0.4) is 0 Å². The number of benzene rings is 2. The topological polar surface area (TPSA) is 52.2 Å². The van der Waals surface area contributed by atoms with Gasteiger partial charge in [-0.05, 0) is 29.8 Å². The Bertz CT molecular complexity index is 934. The lowest BCUT2D eigenvalue weighted by Crippen LogP contribution is -2.48. The first-order chi connectivity index (χ1) is 12.7. The molecule has 0 radical (unpaired) electrons. The molecule has 0 aliphatic carbocycles. The molecular weight excluding hydrogens is 324 g/mol. The number of rotatable bonds is 3. The summed E-state index contributed by atoms with van der Waals surface area (Å²) in [6, 6.07) is 16.7. The molecule has 0 spiro atoms. The number of carbonyl (C=O) groups excluding carboxylic acids is 1. The Morgan fingerprint density at radius 2 is 1.73 bits per heavy atom. The second-order valence-corrected chi connectivity index (χ2v) is 6.57. The van der Waals surface area contributed by atoms with Crippen LogP contribution in [0.25, 0.3) is 23.1 Å². The summed E-state index contributed by atoms with van der Waals surface area (Å²) in [7, 11) is 0. The molecule has 2 aromatic carbocycles. The highest BCUT2D eigenvalue weighted by molar-refractivity contribution is 5.89. The maximum atomic E-state index is 11.4. The number of aromatic amines is 1. The zero-order valence-corrected chi connectivity index (χ0v) is 14.9. The minimum atomic E-state index is 0.163. The number of anilines is 1. The molecule has 0 atom stereocenters. The summed E-state index contributed by atoms with van der Waals surface area (Å²) in [5.74, 6) is 0.163. The van der Waals surface area contributed by atoms with Crippen molar-refractivity contribution in [3.8, 4) is 0 Å². The first kappa shape index (κ1) is 16.4. The van der Waals surface area contributed by atoms with Gasteiger partial charge in [0.15, 0.2) is 0 Å². The highest BCUT2D eigenvalue weighted by atomic mass is 16.2. The highest BCUT2D eigenvalue weighted by Crippen LogP contribution is 2.20. The van der Waals surface area contributed by atoms with E-state index in [1.807, 2.05) is 29.2 Å². The van der Waals surface area contributed by atoms with Gasteiger partial charge in [0.05, 0.1) is 11.2 Å². The number of hydrogen-bond donors (Lipinski definition) is 1. The molecule has 0 saturated carbocycles. The number of nitrogens with zero attached hydrogens (tertiary/aromatic N) is 3. The Morgan fingerprint density at radius 1 is 1.00 bits per heavy atom. The Kier molecular flexibility index (Phi) is 4.44. The number of para-hydroxylation sites is 1. The van der Waals surface area contributed by atoms with E-state index >= 15 is 0 Å². The molecule has 1 amide bonds. The molecule has 1 N–H and O–H groups in total. The number of H-pyrrole nitrogens is 1. The predicted molar refractivity (Wildman–Crippen MR) is 106 cm³/mol. The minimum absolute atomic E-state index is 0.163. The zero-order valence-electron chi connectivity index (χ0n) is 14.9. The summed E-state index contributed by atoms with van der Waals surface area (Å²) in [4.78, 5) is 15.7. The van der Waals surface area contributed by atoms with Gasteiger partial charge < -0.3 is 9.80 Å². The van der Waals surface area contributed by atoms with Crippen molar-refractivity contribution in [3.05, 3.63) is 59.8 Å². The van der Waals surface area contributed by atoms with Gasteiger partial charge in [0.25, 0.3) is 0 Å². The van der Waals surface area contributed by atoms with Crippen LogP contribution in [0.1, 0.15) is 18.2 Å². The second-order valence-electron chi connectivity index (χ2n) is 6.57. The van der Waals surface area contributed by atoms with E-state index < -0.39 is 0 Å². The molecule has 1 aliphatic heterocycles. The molecule has 2 heterocycles. The van der Waals surface area contributed by atoms with E-state index in [2.05, 4.69) is 51.5 Å². The smallest absolute Gasteiger partial charge is 0.219 e. The molecule has 4 rings (SSSR count). The molecular formula is C21H22N4O. The molecule has 5 nitrogen and oxygen atoms in total. The van der Waals surface area contributed by atoms with E-state index in [-0.39, 0.29) is 5.91 Å². The van der Waals surface area contributed by atoms with E-state index in [4.69, 9.17) is 0 Å². The second kappa shape index (κ2) is 7.04. The van der Waals surface area contributed by atoms with Gasteiger partial charge in [0.2, 0.25) is 5.91 Å². The van der Waals surface area contributed by atoms with Crippen molar-refractivity contribution in [2.45, 2.75) is 6.92 Å². The quantitative estimate of drug-likeness (QED) is 0.791. The molecule has 26 heavy (non-hydrogen) atoms. The average molecular weight is 346 g/mol. The van der Waals surface area contributed by atoms with Gasteiger partial charge in [0.1, 0.15) is 0 Å². The van der Waals surface area contributed by atoms with E-state index in [9.17, 15) is 4.79 Å². The third kappa shape index (κ3) is 3.33. The van der Waals surface area contributed by atoms with Crippen molar-refractivity contribution in [1.82, 2.24) is 15.1 Å². The highest BCUT2D eigenvalue weighted by Gasteiger charge is 2.18. The molecule has 132 valence electrons. The molecule has 1 aliphatic rings. The summed E-state index contributed by atoms with van der Waals surface area (Å²) in [6.07, 6.45) is 4.12. The fraction of sp³-hybridized carbons (Fsp3) is 0.238. The third-order valence-corrected chi connectivity index (χ3v) is 4.92. The normalized spacial score (nSPS) is 15.1. The monoisotopic (exact) mass is 346 g/mol. The van der Waals surface area contributed by atoms with Gasteiger partial charge in [-0.25, -0.2) is 0 Å². The average Bonchev–Trinajstić information content (AvgIpc) is 3.10. The van der Waals surface area contributed by atoms with Gasteiger partial charge in [-0.15, -0.1) is 0 Å². The Balaban J connectivity index is 1.44. The van der Waals surface area contributed by atoms with Crippen LogP contribution in [-0.2, 0) is 4.79 Å². The largest absolute Gasteiger partial charge is 0.368 e. The van der Waals surface area contributed by atoms with E-state index in [0.717, 1.165) is 48.3 Å². The summed E-state index contributed by atoms with van der Waals surface area (Å²) >= 11 is 0. The van der Waals surface area contributed by atoms with E-state index in [0.29, 0.717) is 0 Å². The maximum absolute atomic E-state index is 11.4. The predicted octanol–water partition coefficient (Wildman–Crippen LogP) is 3.40. The van der Waals surface area contributed by atoms with Crippen molar-refractivity contribution in [2.75, 3.05) is 31.1 Å². The number of amides is 1. The number of fused-ring (bicyclic) bond motifs is 1. The van der Waals surface area contributed by atoms with Crippen LogP contribution >= 0.6 is 0 Å². The lowest BCUT2D eigenvalue weighted by molar-refractivity contribution is -0.129. The van der Waals surface area contributed by atoms with Crippen LogP contribution in [0.15, 0.2) is 48.5 Å². The van der Waals surface area contributed by atoms with Crippen LogP contribution in [0.2, 0.25) is 0 Å². The maximum Gasteiger partial charge on any atom is 0.219 e. The molecule has 3 aromatic rings. The molecule has 0 bridgehead atoms. The minimum Gasteiger partial charge on any atom is -0.368 e. The summed E-state index contributed by atoms with van der Waals surface area (Å²) in [5.41, 5.74) is 4.34. The van der Waals surface area contributed by atoms with E-state index in [1.54, 1.807) is 6.92 Å². The SMILES string of the molecule is CC(=O)N1CCN(c2ccc(/C=C/c3n[nH]c4ccccc34)cc2)CC1. The molecule has 1 saturated heterocycles. The first-order valence-electron chi connectivity index (χ1n) is 8.92. The lowest BCUT2D eigenvalue weighted by Gasteiger charge is -2.35. The fourth-order valence-electron chi connectivity index (χ4n) is 3.36. The van der Waals surface area contributed by atoms with Gasteiger partial charge >= 0.3 is 0 Å². The van der Waals surface area contributed by atoms with Crippen molar-refractivity contribution < 1.29 is 4.79 Å². The van der Waals surface area contributed by atoms with Crippen LogP contribution in [0, 0.1) is 0 Å². The molecule has 5 heteroatoms. The van der Waals surface area contributed by atoms with Gasteiger partial charge in [0, 0.05) is 44.2 Å². The van der Waals surface area contributed by atoms with Gasteiger partial charge in [-0.3, -0.25) is 9.89 Å². The third-order valence-electron chi connectivity index (χ3n) is 4.92. The van der Waals surface area contributed by atoms with Gasteiger partial charge in [-0.1, -0.05) is 36.4 Å². The fourth-order valence-corrected chi connectivity index (χ4v) is 3.36. The molecule has 1 aromatic heterocycles. The number of carbonyl (C=O) groups is 1. The standard InChI is InChI=1S/C21H22N4O/c1-16(26)24-12-14-25(15-13-24)18-9-6-17(7-10-18)8-11-21-19-4-2-3-5-20(19)22-23-21/h2-11H,12-15H2,1H3,(H,22,23)/b11-8+. The Labute approximate surface area is 152 Å². The first-order valence-corrected chi connectivity index (χ1v) is 8.92. The van der Waals surface area contributed by atoms with E-state index in [1.165, 1.54) is 5.69 Å². The molecule has 1 fully saturated rings. The zero-order chi connectivity index (χ0) is 17.9. The summed E-state index contributed by atoms with van der Waals surface area (Å²) < 4.78 is 0. The van der Waals surface area contributed by atoms with Gasteiger partial charge in [-0.2, -0.15) is 5.10 Å². The Hall–Kier alpha value is -3.08. The van der Waals surface area contributed by atoms with Crippen molar-refractivity contribution >= 4 is 34.6 Å². The number of aromatic nitrogens is 2.